The molecule has 0 radical (unpaired) electrons. The van der Waals surface area contributed by atoms with Crippen LogP contribution in [0.15, 0.2) is 24.3 Å². The van der Waals surface area contributed by atoms with E-state index in [0.717, 1.165) is 45.6 Å². The third-order valence-corrected chi connectivity index (χ3v) is 6.94. The average Bonchev–Trinajstić information content (AvgIpc) is 3.20. The Labute approximate surface area is 180 Å². The van der Waals surface area contributed by atoms with Crippen LogP contribution < -0.4 is 0 Å². The van der Waals surface area contributed by atoms with Crippen LogP contribution in [-0.4, -0.2) is 59.6 Å². The van der Waals surface area contributed by atoms with E-state index >= 15 is 0 Å². The first kappa shape index (κ1) is 21.4. The number of rotatable bonds is 6. The lowest BCUT2D eigenvalue weighted by Crippen LogP contribution is -2.49. The van der Waals surface area contributed by atoms with Crippen LogP contribution in [0.3, 0.4) is 0 Å². The van der Waals surface area contributed by atoms with Crippen molar-refractivity contribution in [3.8, 4) is 0 Å². The third kappa shape index (κ3) is 4.73. The zero-order valence-electron chi connectivity index (χ0n) is 18.8. The van der Waals surface area contributed by atoms with Gasteiger partial charge in [0.2, 0.25) is 0 Å². The molecule has 1 unspecified atom stereocenters. The molecule has 2 aliphatic rings. The van der Waals surface area contributed by atoms with Gasteiger partial charge in [0.1, 0.15) is 0 Å². The molecule has 1 aromatic carbocycles. The second-order valence-corrected chi connectivity index (χ2v) is 9.35. The Hall–Kier alpha value is -1.85. The van der Waals surface area contributed by atoms with Crippen LogP contribution in [0.2, 0.25) is 0 Å². The molecule has 0 saturated carbocycles. The van der Waals surface area contributed by atoms with Crippen LogP contribution in [0, 0.1) is 5.92 Å². The molecule has 1 aromatic heterocycles. The highest BCUT2D eigenvalue weighted by molar-refractivity contribution is 5.84. The maximum absolute atomic E-state index is 12.2. The Bertz CT molecular complexity index is 851. The average molecular weight is 412 g/mol. The highest BCUT2D eigenvalue weighted by Crippen LogP contribution is 2.28. The molecular weight excluding hydrogens is 374 g/mol. The van der Waals surface area contributed by atoms with Gasteiger partial charge in [0.25, 0.3) is 0 Å². The second-order valence-electron chi connectivity index (χ2n) is 9.35. The molecule has 2 aliphatic heterocycles. The minimum atomic E-state index is 0.0000000628. The van der Waals surface area contributed by atoms with E-state index in [1.807, 2.05) is 6.92 Å². The molecule has 5 nitrogen and oxygen atoms in total. The van der Waals surface area contributed by atoms with Crippen molar-refractivity contribution in [2.24, 2.45) is 5.92 Å². The fourth-order valence-electron chi connectivity index (χ4n) is 5.16. The zero-order valence-corrected chi connectivity index (χ0v) is 18.8. The number of fused-ring (bicyclic) bond motifs is 1. The summed E-state index contributed by atoms with van der Waals surface area (Å²) in [6.45, 7) is 12.1. The van der Waals surface area contributed by atoms with Gasteiger partial charge in [0.05, 0.1) is 12.5 Å². The summed E-state index contributed by atoms with van der Waals surface area (Å²) in [6, 6.07) is 9.59. The van der Waals surface area contributed by atoms with Crippen molar-refractivity contribution in [1.29, 1.82) is 0 Å². The van der Waals surface area contributed by atoms with Crippen molar-refractivity contribution < 1.29 is 9.53 Å². The first-order valence-electron chi connectivity index (χ1n) is 11.8. The van der Waals surface area contributed by atoms with Crippen molar-refractivity contribution in [1.82, 2.24) is 14.8 Å². The van der Waals surface area contributed by atoms with Crippen LogP contribution >= 0.6 is 0 Å². The summed E-state index contributed by atoms with van der Waals surface area (Å²) in [5.74, 6) is 0.585. The van der Waals surface area contributed by atoms with E-state index < -0.39 is 0 Å². The standard InChI is InChI=1S/C25H37N3O2/c1-4-30-25(29)20-8-6-12-28(17-20)21-10-13-27(14-11-21)16-19-7-5-9-23-22(19)15-24(26-23)18(2)3/h5,7,9,15,18,20-21,26H,4,6,8,10-14,16-17H2,1-3H3. The number of benzene rings is 1. The van der Waals surface area contributed by atoms with Crippen molar-refractivity contribution >= 4 is 16.9 Å². The predicted molar refractivity (Wildman–Crippen MR) is 122 cm³/mol. The summed E-state index contributed by atoms with van der Waals surface area (Å²) in [5.41, 5.74) is 4.00. The summed E-state index contributed by atoms with van der Waals surface area (Å²) >= 11 is 0. The van der Waals surface area contributed by atoms with E-state index in [4.69, 9.17) is 4.74 Å². The minimum Gasteiger partial charge on any atom is -0.466 e. The predicted octanol–water partition coefficient (Wildman–Crippen LogP) is 4.53. The maximum Gasteiger partial charge on any atom is 0.310 e. The van der Waals surface area contributed by atoms with Gasteiger partial charge in [0.15, 0.2) is 0 Å². The number of hydrogen-bond acceptors (Lipinski definition) is 4. The van der Waals surface area contributed by atoms with Crippen LogP contribution in [0.5, 0.6) is 0 Å². The van der Waals surface area contributed by atoms with Crippen molar-refractivity contribution in [3.63, 3.8) is 0 Å². The number of nitrogens with zero attached hydrogens (tertiary/aromatic N) is 2. The minimum absolute atomic E-state index is 0.0000000628. The number of hydrogen-bond donors (Lipinski definition) is 1. The van der Waals surface area contributed by atoms with Gasteiger partial charge >= 0.3 is 5.97 Å². The van der Waals surface area contributed by atoms with Crippen LogP contribution in [0.25, 0.3) is 10.9 Å². The molecule has 0 bridgehead atoms. The molecule has 0 spiro atoms. The molecule has 3 heterocycles. The Morgan fingerprint density at radius 2 is 2.00 bits per heavy atom. The number of ether oxygens (including phenoxy) is 1. The van der Waals surface area contributed by atoms with Crippen molar-refractivity contribution in [2.45, 2.75) is 65.0 Å². The highest BCUT2D eigenvalue weighted by atomic mass is 16.5. The number of aromatic amines is 1. The summed E-state index contributed by atoms with van der Waals surface area (Å²) in [7, 11) is 0. The summed E-state index contributed by atoms with van der Waals surface area (Å²) in [6.07, 6.45) is 4.47. The van der Waals surface area contributed by atoms with E-state index in [-0.39, 0.29) is 11.9 Å². The first-order valence-corrected chi connectivity index (χ1v) is 11.8. The molecule has 30 heavy (non-hydrogen) atoms. The van der Waals surface area contributed by atoms with E-state index in [1.165, 1.54) is 35.0 Å². The topological polar surface area (TPSA) is 48.6 Å². The van der Waals surface area contributed by atoms with Crippen molar-refractivity contribution in [3.05, 3.63) is 35.5 Å². The number of likely N-dealkylation sites (tertiary alicyclic amines) is 2. The molecule has 5 heteroatoms. The lowest BCUT2D eigenvalue weighted by atomic mass is 9.93. The van der Waals surface area contributed by atoms with Gasteiger partial charge in [-0.1, -0.05) is 26.0 Å². The molecule has 2 saturated heterocycles. The number of esters is 1. The van der Waals surface area contributed by atoms with Crippen molar-refractivity contribution in [2.75, 3.05) is 32.8 Å². The maximum atomic E-state index is 12.2. The summed E-state index contributed by atoms with van der Waals surface area (Å²) in [4.78, 5) is 20.9. The molecule has 2 aromatic rings. The molecule has 0 amide bonds. The SMILES string of the molecule is CCOC(=O)C1CCCN(C2CCN(Cc3cccc4[nH]c(C(C)C)cc34)CC2)C1. The number of nitrogens with one attached hydrogen (secondary N) is 1. The number of carbonyl (C=O) groups excluding carboxylic acids is 1. The quantitative estimate of drug-likeness (QED) is 0.710. The van der Waals surface area contributed by atoms with Gasteiger partial charge < -0.3 is 9.72 Å². The Balaban J connectivity index is 1.34. The van der Waals surface area contributed by atoms with Gasteiger partial charge in [-0.15, -0.1) is 0 Å². The molecular formula is C25H37N3O2. The number of H-pyrrole nitrogens is 1. The normalized spacial score (nSPS) is 22.1. The van der Waals surface area contributed by atoms with E-state index in [1.54, 1.807) is 0 Å². The van der Waals surface area contributed by atoms with E-state index in [2.05, 4.69) is 52.9 Å². The van der Waals surface area contributed by atoms with Gasteiger partial charge in [-0.2, -0.15) is 0 Å². The van der Waals surface area contributed by atoms with Gasteiger partial charge in [-0.05, 0) is 75.9 Å². The summed E-state index contributed by atoms with van der Waals surface area (Å²) < 4.78 is 5.28. The van der Waals surface area contributed by atoms with Gasteiger partial charge in [-0.3, -0.25) is 14.6 Å². The zero-order chi connectivity index (χ0) is 21.1. The largest absolute Gasteiger partial charge is 0.466 e. The van der Waals surface area contributed by atoms with Crippen LogP contribution in [0.4, 0.5) is 0 Å². The Morgan fingerprint density at radius 3 is 2.73 bits per heavy atom. The molecule has 164 valence electrons. The fourth-order valence-corrected chi connectivity index (χ4v) is 5.16. The monoisotopic (exact) mass is 411 g/mol. The Morgan fingerprint density at radius 1 is 1.20 bits per heavy atom. The van der Waals surface area contributed by atoms with E-state index in [9.17, 15) is 4.79 Å². The molecule has 1 atom stereocenters. The molecule has 0 aliphatic carbocycles. The lowest BCUT2D eigenvalue weighted by Gasteiger charge is -2.41. The second kappa shape index (κ2) is 9.52. The van der Waals surface area contributed by atoms with Crippen LogP contribution in [-0.2, 0) is 16.1 Å². The summed E-state index contributed by atoms with van der Waals surface area (Å²) in [5, 5.41) is 1.37. The molecule has 1 N–H and O–H groups in total. The van der Waals surface area contributed by atoms with E-state index in [0.29, 0.717) is 18.6 Å². The van der Waals surface area contributed by atoms with Gasteiger partial charge in [0, 0.05) is 35.7 Å². The highest BCUT2D eigenvalue weighted by Gasteiger charge is 2.32. The molecule has 4 rings (SSSR count). The smallest absolute Gasteiger partial charge is 0.310 e. The lowest BCUT2D eigenvalue weighted by molar-refractivity contribution is -0.150. The third-order valence-electron chi connectivity index (χ3n) is 6.94. The number of carbonyl (C=O) groups is 1. The van der Waals surface area contributed by atoms with Crippen LogP contribution in [0.1, 0.15) is 63.6 Å². The van der Waals surface area contributed by atoms with Gasteiger partial charge in [-0.25, -0.2) is 0 Å². The Kier molecular flexibility index (Phi) is 6.79. The molecule has 2 fully saturated rings. The fraction of sp³-hybridized carbons (Fsp3) is 0.640. The first-order chi connectivity index (χ1) is 14.5. The number of aromatic nitrogens is 1. The number of piperidine rings is 2.